The van der Waals surface area contributed by atoms with Gasteiger partial charge >= 0.3 is 0 Å². The Kier molecular flexibility index (Phi) is 4.26. The molecule has 6 nitrogen and oxygen atoms in total. The number of oxime groups is 1. The predicted octanol–water partition coefficient (Wildman–Crippen LogP) is 2.01. The summed E-state index contributed by atoms with van der Waals surface area (Å²) in [5.74, 6) is 0. The molecule has 0 bridgehead atoms. The number of rotatable bonds is 5. The maximum absolute atomic E-state index is 10.8. The smallest absolute Gasteiger partial charge is 0.292 e. The van der Waals surface area contributed by atoms with Crippen LogP contribution in [0.3, 0.4) is 0 Å². The van der Waals surface area contributed by atoms with Gasteiger partial charge in [-0.05, 0) is 13.0 Å². The number of hydrogen-bond acceptors (Lipinski definition) is 5. The molecular weight excluding hydrogens is 210 g/mol. The van der Waals surface area contributed by atoms with Gasteiger partial charge in [0.2, 0.25) is 0 Å². The Balaban J connectivity index is 2.98. The fourth-order valence-corrected chi connectivity index (χ4v) is 1.16. The van der Waals surface area contributed by atoms with Gasteiger partial charge in [-0.1, -0.05) is 11.2 Å². The molecule has 0 saturated carbocycles. The number of anilines is 1. The Bertz CT molecular complexity index is 404. The van der Waals surface area contributed by atoms with Crippen molar-refractivity contribution >= 4 is 17.6 Å². The maximum Gasteiger partial charge on any atom is 0.292 e. The average molecular weight is 223 g/mol. The van der Waals surface area contributed by atoms with Crippen LogP contribution in [0.2, 0.25) is 0 Å². The van der Waals surface area contributed by atoms with Crippen molar-refractivity contribution < 1.29 is 9.76 Å². The van der Waals surface area contributed by atoms with E-state index in [0.29, 0.717) is 17.9 Å². The van der Waals surface area contributed by atoms with E-state index in [9.17, 15) is 10.1 Å². The van der Waals surface area contributed by atoms with E-state index in [2.05, 4.69) is 10.5 Å². The van der Waals surface area contributed by atoms with Gasteiger partial charge in [0.15, 0.2) is 0 Å². The third kappa shape index (κ3) is 2.94. The predicted molar refractivity (Wildman–Crippen MR) is 61.9 cm³/mol. The number of benzene rings is 1. The summed E-state index contributed by atoms with van der Waals surface area (Å²) in [5.41, 5.74) is 1.11. The topological polar surface area (TPSA) is 76.8 Å². The molecule has 0 aliphatic rings. The minimum atomic E-state index is -0.441. The Morgan fingerprint density at radius 1 is 1.62 bits per heavy atom. The minimum Gasteiger partial charge on any atom is -0.396 e. The van der Waals surface area contributed by atoms with Crippen molar-refractivity contribution in [3.05, 3.63) is 33.9 Å². The third-order valence-corrected chi connectivity index (χ3v) is 1.89. The monoisotopic (exact) mass is 223 g/mol. The molecular formula is C10H13N3O3. The van der Waals surface area contributed by atoms with Crippen molar-refractivity contribution in [1.82, 2.24) is 0 Å². The lowest BCUT2D eigenvalue weighted by atomic mass is 10.2. The van der Waals surface area contributed by atoms with Crippen LogP contribution in [-0.4, -0.2) is 24.8 Å². The molecule has 0 fully saturated rings. The zero-order valence-corrected chi connectivity index (χ0v) is 9.14. The molecule has 0 unspecified atom stereocenters. The van der Waals surface area contributed by atoms with Crippen LogP contribution in [-0.2, 0) is 4.84 Å². The first-order valence-corrected chi connectivity index (χ1v) is 4.80. The van der Waals surface area contributed by atoms with E-state index in [0.717, 1.165) is 0 Å². The molecule has 1 rings (SSSR count). The molecule has 6 heteroatoms. The Labute approximate surface area is 93.1 Å². The molecule has 0 atom stereocenters. The van der Waals surface area contributed by atoms with Gasteiger partial charge in [-0.2, -0.15) is 0 Å². The summed E-state index contributed by atoms with van der Waals surface area (Å²) in [5, 5.41) is 17.2. The van der Waals surface area contributed by atoms with Gasteiger partial charge in [0.05, 0.1) is 11.1 Å². The highest BCUT2D eigenvalue weighted by atomic mass is 16.6. The van der Waals surface area contributed by atoms with Crippen molar-refractivity contribution in [2.24, 2.45) is 5.16 Å². The van der Waals surface area contributed by atoms with Crippen molar-refractivity contribution in [2.75, 3.05) is 19.0 Å². The summed E-state index contributed by atoms with van der Waals surface area (Å²) in [7, 11) is 1.64. The number of hydrogen-bond donors (Lipinski definition) is 1. The number of nitro groups is 1. The normalized spacial score (nSPS) is 10.4. The molecule has 0 heterocycles. The molecule has 0 aliphatic heterocycles. The van der Waals surface area contributed by atoms with Crippen LogP contribution in [0.1, 0.15) is 12.5 Å². The zero-order chi connectivity index (χ0) is 12.0. The quantitative estimate of drug-likeness (QED) is 0.470. The lowest BCUT2D eigenvalue weighted by Gasteiger charge is -2.02. The van der Waals surface area contributed by atoms with Crippen LogP contribution < -0.4 is 5.32 Å². The lowest BCUT2D eigenvalue weighted by Crippen LogP contribution is -1.97. The molecule has 16 heavy (non-hydrogen) atoms. The first kappa shape index (κ1) is 12.0. The molecule has 1 N–H and O–H groups in total. The van der Waals surface area contributed by atoms with Crippen molar-refractivity contribution in [2.45, 2.75) is 6.92 Å². The third-order valence-electron chi connectivity index (χ3n) is 1.89. The highest BCUT2D eigenvalue weighted by molar-refractivity contribution is 5.82. The van der Waals surface area contributed by atoms with E-state index in [-0.39, 0.29) is 5.69 Å². The first-order chi connectivity index (χ1) is 7.69. The van der Waals surface area contributed by atoms with Crippen LogP contribution in [0.5, 0.6) is 0 Å². The van der Waals surface area contributed by atoms with Gasteiger partial charge in [0, 0.05) is 18.7 Å². The fraction of sp³-hybridized carbons (Fsp3) is 0.300. The number of nitro benzene ring substituents is 1. The van der Waals surface area contributed by atoms with Crippen LogP contribution in [0.25, 0.3) is 0 Å². The van der Waals surface area contributed by atoms with Crippen molar-refractivity contribution in [1.29, 1.82) is 0 Å². The summed E-state index contributed by atoms with van der Waals surface area (Å²) < 4.78 is 0. The summed E-state index contributed by atoms with van der Waals surface area (Å²) in [6.07, 6.45) is 1.44. The van der Waals surface area contributed by atoms with Gasteiger partial charge in [-0.15, -0.1) is 0 Å². The van der Waals surface area contributed by atoms with E-state index < -0.39 is 4.92 Å². The van der Waals surface area contributed by atoms with E-state index >= 15 is 0 Å². The van der Waals surface area contributed by atoms with Gasteiger partial charge in [-0.3, -0.25) is 10.1 Å². The summed E-state index contributed by atoms with van der Waals surface area (Å²) >= 11 is 0. The van der Waals surface area contributed by atoms with Gasteiger partial charge in [-0.25, -0.2) is 0 Å². The largest absolute Gasteiger partial charge is 0.396 e. The second kappa shape index (κ2) is 5.69. The van der Waals surface area contributed by atoms with Crippen molar-refractivity contribution in [3.63, 3.8) is 0 Å². The second-order valence-electron chi connectivity index (χ2n) is 2.94. The molecule has 0 saturated heterocycles. The Hall–Kier alpha value is -2.11. The molecule has 1 aromatic carbocycles. The maximum atomic E-state index is 10.8. The van der Waals surface area contributed by atoms with E-state index in [1.54, 1.807) is 19.2 Å². The standard InChI is InChI=1S/C10H13N3O3/c1-3-16-12-7-8-4-5-9(11-2)10(6-8)13(14)15/h4-7,11H,3H2,1-2H3/b12-7-. The number of nitrogens with one attached hydrogen (secondary N) is 1. The molecule has 1 aromatic rings. The van der Waals surface area contributed by atoms with Crippen LogP contribution in [0.15, 0.2) is 23.4 Å². The molecule has 0 aliphatic carbocycles. The summed E-state index contributed by atoms with van der Waals surface area (Å²) in [4.78, 5) is 15.1. The van der Waals surface area contributed by atoms with Crippen LogP contribution in [0.4, 0.5) is 11.4 Å². The molecule has 0 amide bonds. The van der Waals surface area contributed by atoms with E-state index in [1.165, 1.54) is 12.3 Å². The number of nitrogens with zero attached hydrogens (tertiary/aromatic N) is 2. The van der Waals surface area contributed by atoms with Crippen LogP contribution in [0, 0.1) is 10.1 Å². The van der Waals surface area contributed by atoms with Gasteiger partial charge in [0.25, 0.3) is 5.69 Å². The second-order valence-corrected chi connectivity index (χ2v) is 2.94. The molecule has 0 radical (unpaired) electrons. The summed E-state index contributed by atoms with van der Waals surface area (Å²) in [6.45, 7) is 2.27. The van der Waals surface area contributed by atoms with E-state index in [1.807, 2.05) is 6.92 Å². The summed E-state index contributed by atoms with van der Waals surface area (Å²) in [6, 6.07) is 4.79. The Morgan fingerprint density at radius 3 is 2.94 bits per heavy atom. The molecule has 86 valence electrons. The Morgan fingerprint density at radius 2 is 2.38 bits per heavy atom. The van der Waals surface area contributed by atoms with Gasteiger partial charge < -0.3 is 10.2 Å². The zero-order valence-electron chi connectivity index (χ0n) is 9.14. The highest BCUT2D eigenvalue weighted by Crippen LogP contribution is 2.24. The highest BCUT2D eigenvalue weighted by Gasteiger charge is 2.12. The van der Waals surface area contributed by atoms with E-state index in [4.69, 9.17) is 4.84 Å². The first-order valence-electron chi connectivity index (χ1n) is 4.80. The average Bonchev–Trinajstić information content (AvgIpc) is 2.29. The van der Waals surface area contributed by atoms with Crippen LogP contribution >= 0.6 is 0 Å². The van der Waals surface area contributed by atoms with Gasteiger partial charge in [0.1, 0.15) is 12.3 Å². The lowest BCUT2D eigenvalue weighted by molar-refractivity contribution is -0.383. The minimum absolute atomic E-state index is 0.0166. The SMILES string of the molecule is CCO/N=C\c1ccc(NC)c([N+](=O)[O-])c1. The molecule has 0 aromatic heterocycles. The fourth-order valence-electron chi connectivity index (χ4n) is 1.16. The molecule has 0 spiro atoms. The van der Waals surface area contributed by atoms with Crippen molar-refractivity contribution in [3.8, 4) is 0 Å².